The Labute approximate surface area is 127 Å². The normalized spacial score (nSPS) is 20.7. The molecule has 2 aliphatic rings. The minimum Gasteiger partial charge on any atom is -0.481 e. The van der Waals surface area contributed by atoms with E-state index in [0.717, 1.165) is 25.9 Å². The van der Waals surface area contributed by atoms with Crippen molar-refractivity contribution in [2.24, 2.45) is 5.41 Å². The van der Waals surface area contributed by atoms with Gasteiger partial charge in [-0.25, -0.2) is 4.79 Å². The second kappa shape index (κ2) is 7.66. The summed E-state index contributed by atoms with van der Waals surface area (Å²) in [5, 5.41) is 11.5. The van der Waals surface area contributed by atoms with E-state index in [2.05, 4.69) is 5.32 Å². The maximum atomic E-state index is 12.1. The van der Waals surface area contributed by atoms with E-state index in [1.54, 1.807) is 0 Å². The number of carboxylic acids is 1. The first-order valence-electron chi connectivity index (χ1n) is 8.36. The van der Waals surface area contributed by atoms with Crippen LogP contribution in [0.5, 0.6) is 0 Å². The van der Waals surface area contributed by atoms with Crippen molar-refractivity contribution in [1.82, 2.24) is 10.2 Å². The number of unbranched alkanes of at least 4 members (excludes halogenated alkanes) is 2. The SMILES string of the molecule is O=C(O)CCCCCNC(=O)N1CCC2(CCCC2)CC1. The van der Waals surface area contributed by atoms with Crippen LogP contribution in [0.2, 0.25) is 0 Å². The number of amides is 2. The van der Waals surface area contributed by atoms with Crippen LogP contribution in [0.15, 0.2) is 0 Å². The molecule has 0 atom stereocenters. The minimum atomic E-state index is -0.742. The monoisotopic (exact) mass is 296 g/mol. The van der Waals surface area contributed by atoms with E-state index in [4.69, 9.17) is 5.11 Å². The Morgan fingerprint density at radius 1 is 1.00 bits per heavy atom. The standard InChI is InChI=1S/C16H28N2O3/c19-14(20)6-2-1-5-11-17-15(21)18-12-9-16(10-13-18)7-3-4-8-16/h1-13H2,(H,17,21)(H,19,20). The number of carbonyl (C=O) groups is 2. The number of nitrogens with one attached hydrogen (secondary N) is 1. The Kier molecular flexibility index (Phi) is 5.88. The number of rotatable bonds is 6. The zero-order valence-electron chi connectivity index (χ0n) is 12.9. The highest BCUT2D eigenvalue weighted by Gasteiger charge is 2.37. The molecule has 0 aromatic rings. The second-order valence-electron chi connectivity index (χ2n) is 6.63. The molecule has 1 spiro atoms. The summed E-state index contributed by atoms with van der Waals surface area (Å²) in [7, 11) is 0. The zero-order valence-corrected chi connectivity index (χ0v) is 12.9. The fourth-order valence-corrected chi connectivity index (χ4v) is 3.69. The Morgan fingerprint density at radius 3 is 2.29 bits per heavy atom. The molecule has 2 fully saturated rings. The van der Waals surface area contributed by atoms with Gasteiger partial charge in [-0.1, -0.05) is 19.3 Å². The maximum absolute atomic E-state index is 12.1. The fraction of sp³-hybridized carbons (Fsp3) is 0.875. The summed E-state index contributed by atoms with van der Waals surface area (Å²) in [5.74, 6) is -0.742. The van der Waals surface area contributed by atoms with Gasteiger partial charge in [-0.2, -0.15) is 0 Å². The van der Waals surface area contributed by atoms with Crippen molar-refractivity contribution >= 4 is 12.0 Å². The predicted octanol–water partition coefficient (Wildman–Crippen LogP) is 3.00. The Balaban J connectivity index is 1.56. The van der Waals surface area contributed by atoms with Gasteiger partial charge in [0.1, 0.15) is 0 Å². The number of urea groups is 1. The molecule has 1 saturated carbocycles. The van der Waals surface area contributed by atoms with Crippen LogP contribution in [0.25, 0.3) is 0 Å². The quantitative estimate of drug-likeness (QED) is 0.740. The van der Waals surface area contributed by atoms with Gasteiger partial charge in [0.2, 0.25) is 0 Å². The number of hydrogen-bond acceptors (Lipinski definition) is 2. The molecule has 2 N–H and O–H groups in total. The summed E-state index contributed by atoms with van der Waals surface area (Å²) in [6.45, 7) is 2.44. The lowest BCUT2D eigenvalue weighted by atomic mass is 9.77. The largest absolute Gasteiger partial charge is 0.481 e. The van der Waals surface area contributed by atoms with Crippen LogP contribution < -0.4 is 5.32 Å². The number of carboxylic acid groups (broad SMARTS) is 1. The third-order valence-electron chi connectivity index (χ3n) is 5.12. The molecule has 1 aliphatic heterocycles. The lowest BCUT2D eigenvalue weighted by Crippen LogP contribution is -2.47. The average molecular weight is 296 g/mol. The van der Waals surface area contributed by atoms with Crippen LogP contribution >= 0.6 is 0 Å². The molecule has 5 heteroatoms. The van der Waals surface area contributed by atoms with Crippen molar-refractivity contribution in [3.05, 3.63) is 0 Å². The van der Waals surface area contributed by atoms with E-state index in [9.17, 15) is 9.59 Å². The first-order chi connectivity index (χ1) is 10.1. The molecular weight excluding hydrogens is 268 g/mol. The third kappa shape index (κ3) is 4.90. The average Bonchev–Trinajstić information content (AvgIpc) is 2.91. The fourth-order valence-electron chi connectivity index (χ4n) is 3.69. The molecule has 2 rings (SSSR count). The molecule has 0 bridgehead atoms. The lowest BCUT2D eigenvalue weighted by Gasteiger charge is -2.39. The van der Waals surface area contributed by atoms with Gasteiger partial charge in [0.05, 0.1) is 0 Å². The second-order valence-corrected chi connectivity index (χ2v) is 6.63. The van der Waals surface area contributed by atoms with E-state index in [1.165, 1.54) is 38.5 Å². The lowest BCUT2D eigenvalue weighted by molar-refractivity contribution is -0.137. The summed E-state index contributed by atoms with van der Waals surface area (Å²) in [6.07, 6.45) is 10.4. The van der Waals surface area contributed by atoms with Crippen molar-refractivity contribution in [2.45, 2.75) is 64.2 Å². The molecule has 1 heterocycles. The van der Waals surface area contributed by atoms with Crippen LogP contribution in [0.3, 0.4) is 0 Å². The topological polar surface area (TPSA) is 69.6 Å². The molecule has 0 aromatic heterocycles. The molecule has 21 heavy (non-hydrogen) atoms. The molecular formula is C16H28N2O3. The molecule has 120 valence electrons. The predicted molar refractivity (Wildman–Crippen MR) is 81.2 cm³/mol. The number of likely N-dealkylation sites (tertiary alicyclic amines) is 1. The summed E-state index contributed by atoms with van der Waals surface area (Å²) in [5.41, 5.74) is 0.549. The van der Waals surface area contributed by atoms with Crippen molar-refractivity contribution in [3.63, 3.8) is 0 Å². The molecule has 2 amide bonds. The molecule has 1 saturated heterocycles. The first-order valence-corrected chi connectivity index (χ1v) is 8.36. The molecule has 0 radical (unpaired) electrons. The number of carbonyl (C=O) groups excluding carboxylic acids is 1. The molecule has 0 unspecified atom stereocenters. The van der Waals surface area contributed by atoms with E-state index >= 15 is 0 Å². The van der Waals surface area contributed by atoms with Gasteiger partial charge in [-0.3, -0.25) is 4.79 Å². The molecule has 5 nitrogen and oxygen atoms in total. The molecule has 1 aliphatic carbocycles. The van der Waals surface area contributed by atoms with Crippen LogP contribution in [0.4, 0.5) is 4.79 Å². The molecule has 0 aromatic carbocycles. The van der Waals surface area contributed by atoms with Gasteiger partial charge in [0.15, 0.2) is 0 Å². The zero-order chi connectivity index (χ0) is 15.1. The van der Waals surface area contributed by atoms with E-state index < -0.39 is 5.97 Å². The summed E-state index contributed by atoms with van der Waals surface area (Å²) >= 11 is 0. The Bertz CT molecular complexity index is 355. The minimum absolute atomic E-state index is 0.0566. The Morgan fingerprint density at radius 2 is 1.67 bits per heavy atom. The highest BCUT2D eigenvalue weighted by atomic mass is 16.4. The van der Waals surface area contributed by atoms with Gasteiger partial charge in [0, 0.05) is 26.1 Å². The van der Waals surface area contributed by atoms with Gasteiger partial charge in [0.25, 0.3) is 0 Å². The highest BCUT2D eigenvalue weighted by Crippen LogP contribution is 2.45. The van der Waals surface area contributed by atoms with Crippen LogP contribution in [-0.2, 0) is 4.79 Å². The van der Waals surface area contributed by atoms with Crippen LogP contribution in [0.1, 0.15) is 64.2 Å². The number of piperidine rings is 1. The van der Waals surface area contributed by atoms with Gasteiger partial charge >= 0.3 is 12.0 Å². The number of aliphatic carboxylic acids is 1. The Hall–Kier alpha value is -1.26. The van der Waals surface area contributed by atoms with Gasteiger partial charge < -0.3 is 15.3 Å². The van der Waals surface area contributed by atoms with E-state index in [-0.39, 0.29) is 12.5 Å². The summed E-state index contributed by atoms with van der Waals surface area (Å²) < 4.78 is 0. The van der Waals surface area contributed by atoms with E-state index in [1.807, 2.05) is 4.90 Å². The van der Waals surface area contributed by atoms with Gasteiger partial charge in [-0.15, -0.1) is 0 Å². The smallest absolute Gasteiger partial charge is 0.317 e. The number of nitrogens with zero attached hydrogens (tertiary/aromatic N) is 1. The van der Waals surface area contributed by atoms with Crippen molar-refractivity contribution in [2.75, 3.05) is 19.6 Å². The number of hydrogen-bond donors (Lipinski definition) is 2. The van der Waals surface area contributed by atoms with Crippen molar-refractivity contribution in [1.29, 1.82) is 0 Å². The van der Waals surface area contributed by atoms with Crippen molar-refractivity contribution in [3.8, 4) is 0 Å². The van der Waals surface area contributed by atoms with Gasteiger partial charge in [-0.05, 0) is 43.9 Å². The summed E-state index contributed by atoms with van der Waals surface area (Å²) in [4.78, 5) is 24.4. The summed E-state index contributed by atoms with van der Waals surface area (Å²) in [6, 6.07) is 0.0566. The maximum Gasteiger partial charge on any atom is 0.317 e. The third-order valence-corrected chi connectivity index (χ3v) is 5.12. The highest BCUT2D eigenvalue weighted by molar-refractivity contribution is 5.74. The van der Waals surface area contributed by atoms with Crippen LogP contribution in [-0.4, -0.2) is 41.6 Å². The first kappa shape index (κ1) is 16.1. The van der Waals surface area contributed by atoms with Crippen molar-refractivity contribution < 1.29 is 14.7 Å². The van der Waals surface area contributed by atoms with Crippen LogP contribution in [0, 0.1) is 5.41 Å². The van der Waals surface area contributed by atoms with E-state index in [0.29, 0.717) is 18.4 Å².